The summed E-state index contributed by atoms with van der Waals surface area (Å²) in [5.74, 6) is -0.495. The fraction of sp³-hybridized carbons (Fsp3) is 0.364. The molecule has 2 amide bonds. The maximum atomic E-state index is 12.7. The highest BCUT2D eigenvalue weighted by Gasteiger charge is 2.17. The van der Waals surface area contributed by atoms with Gasteiger partial charge in [-0.25, -0.2) is 13.1 Å². The Balaban J connectivity index is 2.11. The van der Waals surface area contributed by atoms with Gasteiger partial charge in [0.05, 0.1) is 4.90 Å². The molecule has 0 saturated heterocycles. The van der Waals surface area contributed by atoms with Crippen molar-refractivity contribution >= 4 is 27.5 Å². The third-order valence-corrected chi connectivity index (χ3v) is 6.35. The van der Waals surface area contributed by atoms with E-state index in [4.69, 9.17) is 0 Å². The largest absolute Gasteiger partial charge is 0.348 e. The number of benzene rings is 2. The summed E-state index contributed by atoms with van der Waals surface area (Å²) in [4.78, 5) is 24.8. The average molecular weight is 432 g/mol. The lowest BCUT2D eigenvalue weighted by atomic mass is 10.1. The molecule has 3 N–H and O–H groups in total. The molecule has 0 aliphatic heterocycles. The number of carbonyl (C=O) groups is 2. The number of hydrogen-bond donors (Lipinski definition) is 3. The van der Waals surface area contributed by atoms with E-state index in [1.807, 2.05) is 26.0 Å². The van der Waals surface area contributed by atoms with Crippen LogP contribution in [0.4, 0.5) is 5.69 Å². The first-order valence-electron chi connectivity index (χ1n) is 9.96. The second-order valence-corrected chi connectivity index (χ2v) is 8.93. The minimum Gasteiger partial charge on any atom is -0.348 e. The molecule has 2 aromatic carbocycles. The first-order chi connectivity index (χ1) is 14.2. The summed E-state index contributed by atoms with van der Waals surface area (Å²) in [6.45, 7) is 7.78. The molecule has 0 spiro atoms. The summed E-state index contributed by atoms with van der Waals surface area (Å²) >= 11 is 0. The van der Waals surface area contributed by atoms with Crippen LogP contribution in [-0.4, -0.2) is 26.8 Å². The Morgan fingerprint density at radius 1 is 1.07 bits per heavy atom. The van der Waals surface area contributed by atoms with Crippen molar-refractivity contribution < 1.29 is 18.0 Å². The van der Waals surface area contributed by atoms with Crippen molar-refractivity contribution in [3.8, 4) is 0 Å². The predicted molar refractivity (Wildman–Crippen MR) is 118 cm³/mol. The lowest BCUT2D eigenvalue weighted by Crippen LogP contribution is -2.26. The highest BCUT2D eigenvalue weighted by Crippen LogP contribution is 2.17. The van der Waals surface area contributed by atoms with Gasteiger partial charge >= 0.3 is 0 Å². The number of rotatable bonds is 9. The second-order valence-electron chi connectivity index (χ2n) is 7.16. The van der Waals surface area contributed by atoms with Crippen molar-refractivity contribution in [2.75, 3.05) is 11.9 Å². The molecule has 0 bridgehead atoms. The normalized spacial score (nSPS) is 12.3. The number of anilines is 1. The zero-order valence-corrected chi connectivity index (χ0v) is 18.6. The first kappa shape index (κ1) is 23.6. The van der Waals surface area contributed by atoms with Crippen LogP contribution < -0.4 is 15.4 Å². The van der Waals surface area contributed by atoms with Crippen molar-refractivity contribution in [2.45, 2.75) is 45.6 Å². The SMILES string of the molecule is CCNS(=O)(=O)c1ccc(C)c(C(=O)NCc2cccc(NC(=O)C(C)CC)c2)c1. The van der Waals surface area contributed by atoms with Crippen LogP contribution in [0.1, 0.15) is 48.7 Å². The quantitative estimate of drug-likeness (QED) is 0.567. The number of nitrogens with one attached hydrogen (secondary N) is 3. The van der Waals surface area contributed by atoms with E-state index in [0.29, 0.717) is 16.8 Å². The summed E-state index contributed by atoms with van der Waals surface area (Å²) < 4.78 is 26.9. The molecule has 0 saturated carbocycles. The van der Waals surface area contributed by atoms with Gasteiger partial charge in [0.1, 0.15) is 0 Å². The van der Waals surface area contributed by atoms with Gasteiger partial charge in [0.15, 0.2) is 0 Å². The van der Waals surface area contributed by atoms with E-state index >= 15 is 0 Å². The average Bonchev–Trinajstić information content (AvgIpc) is 2.71. The molecule has 30 heavy (non-hydrogen) atoms. The number of aryl methyl sites for hydroxylation is 1. The van der Waals surface area contributed by atoms with E-state index in [-0.39, 0.29) is 35.7 Å². The van der Waals surface area contributed by atoms with E-state index < -0.39 is 10.0 Å². The molecule has 0 heterocycles. The molecule has 8 heteroatoms. The minimum atomic E-state index is -3.65. The second kappa shape index (κ2) is 10.4. The monoisotopic (exact) mass is 431 g/mol. The number of hydrogen-bond acceptors (Lipinski definition) is 4. The van der Waals surface area contributed by atoms with Gasteiger partial charge in [-0.1, -0.05) is 39.0 Å². The summed E-state index contributed by atoms with van der Waals surface area (Å²) in [5, 5.41) is 5.69. The molecule has 0 aliphatic carbocycles. The third-order valence-electron chi connectivity index (χ3n) is 4.81. The van der Waals surface area contributed by atoms with Gasteiger partial charge in [-0.3, -0.25) is 9.59 Å². The van der Waals surface area contributed by atoms with Crippen molar-refractivity contribution in [1.29, 1.82) is 0 Å². The van der Waals surface area contributed by atoms with Gasteiger partial charge in [-0.15, -0.1) is 0 Å². The first-order valence-corrected chi connectivity index (χ1v) is 11.4. The maximum Gasteiger partial charge on any atom is 0.251 e. The van der Waals surface area contributed by atoms with E-state index in [9.17, 15) is 18.0 Å². The fourth-order valence-corrected chi connectivity index (χ4v) is 3.84. The van der Waals surface area contributed by atoms with E-state index in [1.54, 1.807) is 32.0 Å². The van der Waals surface area contributed by atoms with Crippen LogP contribution in [-0.2, 0) is 21.4 Å². The molecule has 162 valence electrons. The van der Waals surface area contributed by atoms with Crippen LogP contribution in [0.15, 0.2) is 47.4 Å². The number of sulfonamides is 1. The van der Waals surface area contributed by atoms with Crippen LogP contribution in [0.2, 0.25) is 0 Å². The summed E-state index contributed by atoms with van der Waals surface area (Å²) in [7, 11) is -3.65. The molecular formula is C22H29N3O4S. The van der Waals surface area contributed by atoms with Crippen LogP contribution >= 0.6 is 0 Å². The molecule has 7 nitrogen and oxygen atoms in total. The van der Waals surface area contributed by atoms with E-state index in [0.717, 1.165) is 12.0 Å². The third kappa shape index (κ3) is 6.14. The highest BCUT2D eigenvalue weighted by molar-refractivity contribution is 7.89. The Morgan fingerprint density at radius 3 is 2.47 bits per heavy atom. The molecular weight excluding hydrogens is 402 g/mol. The van der Waals surface area contributed by atoms with Crippen molar-refractivity contribution in [3.63, 3.8) is 0 Å². The predicted octanol–water partition coefficient (Wildman–Crippen LogP) is 3.21. The molecule has 2 rings (SSSR count). The standard InChI is InChI=1S/C22H29N3O4S/c1-5-15(3)21(26)25-18-9-7-8-17(12-18)14-23-22(27)20-13-19(11-10-16(20)4)30(28,29)24-6-2/h7-13,15,24H,5-6,14H2,1-4H3,(H,23,27)(H,25,26). The smallest absolute Gasteiger partial charge is 0.251 e. The molecule has 2 aromatic rings. The molecule has 0 radical (unpaired) electrons. The van der Waals surface area contributed by atoms with E-state index in [2.05, 4.69) is 15.4 Å². The Labute approximate surface area is 178 Å². The Bertz CT molecular complexity index is 1020. The van der Waals surface area contributed by atoms with Gasteiger partial charge in [0.2, 0.25) is 15.9 Å². The highest BCUT2D eigenvalue weighted by atomic mass is 32.2. The van der Waals surface area contributed by atoms with Crippen LogP contribution in [0.3, 0.4) is 0 Å². The fourth-order valence-electron chi connectivity index (χ4n) is 2.77. The van der Waals surface area contributed by atoms with Gasteiger partial charge in [-0.05, 0) is 48.7 Å². The van der Waals surface area contributed by atoms with Crippen LogP contribution in [0.5, 0.6) is 0 Å². The van der Waals surface area contributed by atoms with Gasteiger partial charge in [0.25, 0.3) is 5.91 Å². The zero-order valence-electron chi connectivity index (χ0n) is 17.8. The Morgan fingerprint density at radius 2 is 1.80 bits per heavy atom. The molecule has 0 aromatic heterocycles. The van der Waals surface area contributed by atoms with Crippen LogP contribution in [0.25, 0.3) is 0 Å². The lowest BCUT2D eigenvalue weighted by molar-refractivity contribution is -0.119. The molecule has 1 atom stereocenters. The lowest BCUT2D eigenvalue weighted by Gasteiger charge is -2.12. The van der Waals surface area contributed by atoms with Crippen LogP contribution in [0, 0.1) is 12.8 Å². The van der Waals surface area contributed by atoms with Gasteiger partial charge in [-0.2, -0.15) is 0 Å². The van der Waals surface area contributed by atoms with Crippen molar-refractivity contribution in [2.24, 2.45) is 5.92 Å². The topological polar surface area (TPSA) is 104 Å². The van der Waals surface area contributed by atoms with E-state index in [1.165, 1.54) is 12.1 Å². The number of amides is 2. The molecule has 0 fully saturated rings. The number of carbonyl (C=O) groups excluding carboxylic acids is 2. The van der Waals surface area contributed by atoms with Gasteiger partial charge < -0.3 is 10.6 Å². The summed E-state index contributed by atoms with van der Waals surface area (Å²) in [6, 6.07) is 11.7. The van der Waals surface area contributed by atoms with Crippen molar-refractivity contribution in [3.05, 3.63) is 59.2 Å². The Hall–Kier alpha value is -2.71. The zero-order chi connectivity index (χ0) is 22.3. The molecule has 1 unspecified atom stereocenters. The summed E-state index contributed by atoms with van der Waals surface area (Å²) in [6.07, 6.45) is 0.753. The molecule has 0 aliphatic rings. The minimum absolute atomic E-state index is 0.0481. The van der Waals surface area contributed by atoms with Crippen molar-refractivity contribution in [1.82, 2.24) is 10.0 Å². The summed E-state index contributed by atoms with van der Waals surface area (Å²) in [5.41, 5.74) is 2.47. The van der Waals surface area contributed by atoms with Gasteiger partial charge in [0, 0.05) is 30.3 Å². The Kier molecular flexibility index (Phi) is 8.14. The maximum absolute atomic E-state index is 12.7.